The molecule has 1 rings (SSSR count). The van der Waals surface area contributed by atoms with E-state index in [9.17, 15) is 4.79 Å². The minimum atomic E-state index is 0.292. The summed E-state index contributed by atoms with van der Waals surface area (Å²) < 4.78 is 0. The van der Waals surface area contributed by atoms with E-state index in [0.29, 0.717) is 30.8 Å². The van der Waals surface area contributed by atoms with Crippen molar-refractivity contribution in [2.75, 3.05) is 33.2 Å². The maximum Gasteiger partial charge on any atom is 0.222 e. The molecule has 2 atom stereocenters. The van der Waals surface area contributed by atoms with E-state index in [1.54, 1.807) is 0 Å². The number of amides is 1. The highest BCUT2D eigenvalue weighted by Gasteiger charge is 2.23. The van der Waals surface area contributed by atoms with Gasteiger partial charge in [0.15, 0.2) is 0 Å². The van der Waals surface area contributed by atoms with Gasteiger partial charge in [0, 0.05) is 32.1 Å². The van der Waals surface area contributed by atoms with Gasteiger partial charge in [-0.3, -0.25) is 4.79 Å². The van der Waals surface area contributed by atoms with E-state index in [4.69, 9.17) is 5.73 Å². The minimum absolute atomic E-state index is 0.292. The standard InChI is InChI=1S/C12H25N3O/c1-10(8-13)4-5-12(16)15-7-6-14(3)11(2)9-15/h10-11H,4-9,13H2,1-3H3. The molecule has 1 heterocycles. The normalized spacial score (nSPS) is 24.5. The third-order valence-corrected chi connectivity index (χ3v) is 3.57. The number of likely N-dealkylation sites (N-methyl/N-ethyl adjacent to an activating group) is 1. The lowest BCUT2D eigenvalue weighted by molar-refractivity contribution is -0.134. The van der Waals surface area contributed by atoms with E-state index in [1.807, 2.05) is 4.90 Å². The molecule has 1 saturated heterocycles. The molecular weight excluding hydrogens is 202 g/mol. The highest BCUT2D eigenvalue weighted by molar-refractivity contribution is 5.76. The van der Waals surface area contributed by atoms with E-state index in [-0.39, 0.29) is 0 Å². The number of nitrogens with two attached hydrogens (primary N) is 1. The Hall–Kier alpha value is -0.610. The van der Waals surface area contributed by atoms with Crippen molar-refractivity contribution in [3.63, 3.8) is 0 Å². The Morgan fingerprint density at radius 1 is 1.50 bits per heavy atom. The highest BCUT2D eigenvalue weighted by Crippen LogP contribution is 2.11. The Balaban J connectivity index is 2.32. The summed E-state index contributed by atoms with van der Waals surface area (Å²) in [5, 5.41) is 0. The number of hydrogen-bond acceptors (Lipinski definition) is 3. The van der Waals surface area contributed by atoms with Crippen molar-refractivity contribution < 1.29 is 4.79 Å². The molecule has 1 amide bonds. The number of nitrogens with zero attached hydrogens (tertiary/aromatic N) is 2. The van der Waals surface area contributed by atoms with Crippen LogP contribution in [0.25, 0.3) is 0 Å². The summed E-state index contributed by atoms with van der Waals surface area (Å²) in [7, 11) is 2.11. The molecule has 0 radical (unpaired) electrons. The Morgan fingerprint density at radius 2 is 2.19 bits per heavy atom. The second-order valence-corrected chi connectivity index (χ2v) is 5.05. The van der Waals surface area contributed by atoms with Gasteiger partial charge in [-0.15, -0.1) is 0 Å². The van der Waals surface area contributed by atoms with Gasteiger partial charge >= 0.3 is 0 Å². The molecule has 2 unspecified atom stereocenters. The van der Waals surface area contributed by atoms with Gasteiger partial charge in [-0.25, -0.2) is 0 Å². The van der Waals surface area contributed by atoms with Gasteiger partial charge in [0.25, 0.3) is 0 Å². The Morgan fingerprint density at radius 3 is 2.75 bits per heavy atom. The average molecular weight is 227 g/mol. The lowest BCUT2D eigenvalue weighted by Crippen LogP contribution is -2.52. The molecule has 0 aromatic heterocycles. The van der Waals surface area contributed by atoms with Gasteiger partial charge in [0.05, 0.1) is 0 Å². The molecule has 0 aromatic rings. The van der Waals surface area contributed by atoms with Gasteiger partial charge in [0.2, 0.25) is 5.91 Å². The molecule has 0 aliphatic carbocycles. The molecular formula is C12H25N3O. The molecule has 4 nitrogen and oxygen atoms in total. The van der Waals surface area contributed by atoms with E-state index in [1.165, 1.54) is 0 Å². The topological polar surface area (TPSA) is 49.6 Å². The Labute approximate surface area is 98.8 Å². The van der Waals surface area contributed by atoms with Crippen molar-refractivity contribution in [1.82, 2.24) is 9.80 Å². The van der Waals surface area contributed by atoms with Crippen molar-refractivity contribution in [1.29, 1.82) is 0 Å². The number of hydrogen-bond donors (Lipinski definition) is 1. The van der Waals surface area contributed by atoms with Crippen LogP contribution in [0.2, 0.25) is 0 Å². The summed E-state index contributed by atoms with van der Waals surface area (Å²) in [5.74, 6) is 0.745. The van der Waals surface area contributed by atoms with Crippen molar-refractivity contribution in [3.8, 4) is 0 Å². The molecule has 2 N–H and O–H groups in total. The van der Waals surface area contributed by atoms with Gasteiger partial charge in [-0.1, -0.05) is 6.92 Å². The third kappa shape index (κ3) is 3.76. The minimum Gasteiger partial charge on any atom is -0.340 e. The molecule has 0 saturated carbocycles. The Kier molecular flexibility index (Phi) is 5.22. The quantitative estimate of drug-likeness (QED) is 0.762. The number of rotatable bonds is 4. The molecule has 4 heteroatoms. The van der Waals surface area contributed by atoms with Crippen LogP contribution in [-0.4, -0.2) is 55.0 Å². The largest absolute Gasteiger partial charge is 0.340 e. The van der Waals surface area contributed by atoms with Crippen LogP contribution in [0.3, 0.4) is 0 Å². The summed E-state index contributed by atoms with van der Waals surface area (Å²) in [5.41, 5.74) is 5.55. The predicted molar refractivity (Wildman–Crippen MR) is 66.1 cm³/mol. The zero-order chi connectivity index (χ0) is 12.1. The van der Waals surface area contributed by atoms with Gasteiger partial charge < -0.3 is 15.5 Å². The molecule has 0 aromatic carbocycles. The monoisotopic (exact) mass is 227 g/mol. The number of carbonyl (C=O) groups excluding carboxylic acids is 1. The molecule has 0 spiro atoms. The second kappa shape index (κ2) is 6.21. The van der Waals surface area contributed by atoms with Gasteiger partial charge in [-0.2, -0.15) is 0 Å². The summed E-state index contributed by atoms with van der Waals surface area (Å²) in [4.78, 5) is 16.2. The summed E-state index contributed by atoms with van der Waals surface area (Å²) in [6.07, 6.45) is 1.56. The van der Waals surface area contributed by atoms with Crippen molar-refractivity contribution >= 4 is 5.91 Å². The number of carbonyl (C=O) groups is 1. The summed E-state index contributed by atoms with van der Waals surface area (Å²) >= 11 is 0. The maximum absolute atomic E-state index is 11.9. The van der Waals surface area contributed by atoms with Crippen LogP contribution in [-0.2, 0) is 4.79 Å². The van der Waals surface area contributed by atoms with Crippen LogP contribution >= 0.6 is 0 Å². The van der Waals surface area contributed by atoms with Crippen LogP contribution in [0.1, 0.15) is 26.7 Å². The predicted octanol–water partition coefficient (Wildman–Crippen LogP) is 0.524. The molecule has 1 aliphatic rings. The van der Waals surface area contributed by atoms with Gasteiger partial charge in [0.1, 0.15) is 0 Å². The van der Waals surface area contributed by atoms with Crippen molar-refractivity contribution in [3.05, 3.63) is 0 Å². The van der Waals surface area contributed by atoms with Crippen LogP contribution in [0.4, 0.5) is 0 Å². The lowest BCUT2D eigenvalue weighted by atomic mass is 10.1. The highest BCUT2D eigenvalue weighted by atomic mass is 16.2. The van der Waals surface area contributed by atoms with E-state index in [0.717, 1.165) is 26.1 Å². The van der Waals surface area contributed by atoms with Crippen LogP contribution in [0, 0.1) is 5.92 Å². The maximum atomic E-state index is 11.9. The van der Waals surface area contributed by atoms with E-state index in [2.05, 4.69) is 25.8 Å². The fourth-order valence-electron chi connectivity index (χ4n) is 1.92. The molecule has 16 heavy (non-hydrogen) atoms. The summed E-state index contributed by atoms with van der Waals surface area (Å²) in [6.45, 7) is 7.66. The number of piperazine rings is 1. The van der Waals surface area contributed by atoms with E-state index >= 15 is 0 Å². The molecule has 0 bridgehead atoms. The molecule has 94 valence electrons. The lowest BCUT2D eigenvalue weighted by Gasteiger charge is -2.37. The smallest absolute Gasteiger partial charge is 0.222 e. The zero-order valence-electron chi connectivity index (χ0n) is 10.8. The van der Waals surface area contributed by atoms with Crippen LogP contribution in [0.5, 0.6) is 0 Å². The average Bonchev–Trinajstić information content (AvgIpc) is 2.29. The zero-order valence-corrected chi connectivity index (χ0v) is 10.8. The Bertz CT molecular complexity index is 232. The van der Waals surface area contributed by atoms with E-state index < -0.39 is 0 Å². The molecule has 1 aliphatic heterocycles. The first-order chi connectivity index (χ1) is 7.54. The first-order valence-electron chi connectivity index (χ1n) is 6.22. The first-order valence-corrected chi connectivity index (χ1v) is 6.22. The molecule has 1 fully saturated rings. The van der Waals surface area contributed by atoms with Crippen molar-refractivity contribution in [2.24, 2.45) is 11.7 Å². The van der Waals surface area contributed by atoms with Gasteiger partial charge in [-0.05, 0) is 32.9 Å². The van der Waals surface area contributed by atoms with Crippen LogP contribution in [0.15, 0.2) is 0 Å². The summed E-state index contributed by atoms with van der Waals surface area (Å²) in [6, 6.07) is 0.477. The van der Waals surface area contributed by atoms with Crippen molar-refractivity contribution in [2.45, 2.75) is 32.7 Å². The third-order valence-electron chi connectivity index (χ3n) is 3.57. The fraction of sp³-hybridized carbons (Fsp3) is 0.917. The SMILES string of the molecule is CC(CN)CCC(=O)N1CCN(C)C(C)C1. The first kappa shape index (κ1) is 13.5. The second-order valence-electron chi connectivity index (χ2n) is 5.05. The fourth-order valence-corrected chi connectivity index (χ4v) is 1.92. The van der Waals surface area contributed by atoms with Crippen LogP contribution < -0.4 is 5.73 Å².